The summed E-state index contributed by atoms with van der Waals surface area (Å²) in [6, 6.07) is 1.25. The van der Waals surface area contributed by atoms with Crippen LogP contribution >= 0.6 is 0 Å². The minimum atomic E-state index is 0.577. The van der Waals surface area contributed by atoms with Crippen molar-refractivity contribution in [2.75, 3.05) is 11.9 Å². The molecule has 5 nitrogen and oxygen atoms in total. The summed E-state index contributed by atoms with van der Waals surface area (Å²) < 4.78 is 5.56. The van der Waals surface area contributed by atoms with E-state index in [0.717, 1.165) is 12.5 Å². The van der Waals surface area contributed by atoms with Gasteiger partial charge in [-0.3, -0.25) is 0 Å². The van der Waals surface area contributed by atoms with Gasteiger partial charge in [0.25, 0.3) is 0 Å². The highest BCUT2D eigenvalue weighted by molar-refractivity contribution is 5.16. The smallest absolute Gasteiger partial charge is 0.315 e. The maximum absolute atomic E-state index is 5.56. The van der Waals surface area contributed by atoms with E-state index >= 15 is 0 Å². The van der Waals surface area contributed by atoms with Crippen molar-refractivity contribution in [2.24, 2.45) is 5.92 Å². The van der Waals surface area contributed by atoms with Gasteiger partial charge in [0, 0.05) is 12.6 Å². The minimum Gasteiger partial charge on any atom is -0.407 e. The predicted octanol–water partition coefficient (Wildman–Crippen LogP) is 2.31. The number of anilines is 1. The van der Waals surface area contributed by atoms with Gasteiger partial charge in [0.15, 0.2) is 0 Å². The van der Waals surface area contributed by atoms with Crippen LogP contribution in [0.15, 0.2) is 4.42 Å². The van der Waals surface area contributed by atoms with Crippen LogP contribution in [0.3, 0.4) is 0 Å². The summed E-state index contributed by atoms with van der Waals surface area (Å²) >= 11 is 0. The highest BCUT2D eigenvalue weighted by Crippen LogP contribution is 2.24. The number of hydrogen-bond acceptors (Lipinski definition) is 5. The molecule has 1 heterocycles. The van der Waals surface area contributed by atoms with E-state index in [2.05, 4.69) is 20.8 Å². The molecule has 1 aromatic rings. The van der Waals surface area contributed by atoms with E-state index in [-0.39, 0.29) is 0 Å². The number of nitrogens with one attached hydrogen (secondary N) is 2. The maximum atomic E-state index is 5.56. The van der Waals surface area contributed by atoms with E-state index in [1.54, 1.807) is 0 Å². The normalized spacial score (nSPS) is 21.1. The van der Waals surface area contributed by atoms with E-state index in [1.165, 1.54) is 44.9 Å². The fourth-order valence-electron chi connectivity index (χ4n) is 2.54. The molecule has 2 aliphatic carbocycles. The Bertz CT molecular complexity index is 369. The second kappa shape index (κ2) is 5.69. The largest absolute Gasteiger partial charge is 0.407 e. The molecule has 1 aromatic heterocycles. The Morgan fingerprint density at radius 3 is 2.67 bits per heavy atom. The number of nitrogens with zero attached hydrogens (tertiary/aromatic N) is 2. The van der Waals surface area contributed by atoms with Crippen molar-refractivity contribution in [3.63, 3.8) is 0 Å². The second-order valence-electron chi connectivity index (χ2n) is 5.54. The molecular formula is C13H22N4O. The van der Waals surface area contributed by atoms with Crippen LogP contribution in [0.4, 0.5) is 6.01 Å². The Morgan fingerprint density at radius 2 is 1.89 bits per heavy atom. The van der Waals surface area contributed by atoms with E-state index < -0.39 is 0 Å². The average molecular weight is 250 g/mol. The lowest BCUT2D eigenvalue weighted by Crippen LogP contribution is -2.17. The second-order valence-corrected chi connectivity index (χ2v) is 5.54. The van der Waals surface area contributed by atoms with Crippen LogP contribution in [0.1, 0.15) is 50.8 Å². The molecular weight excluding hydrogens is 228 g/mol. The summed E-state index contributed by atoms with van der Waals surface area (Å²) in [6.07, 6.45) is 9.35. The number of rotatable bonds is 6. The molecule has 18 heavy (non-hydrogen) atoms. The van der Waals surface area contributed by atoms with E-state index in [9.17, 15) is 0 Å². The summed E-state index contributed by atoms with van der Waals surface area (Å²) in [6.45, 7) is 1.67. The third-order valence-corrected chi connectivity index (χ3v) is 3.85. The van der Waals surface area contributed by atoms with Gasteiger partial charge in [0.1, 0.15) is 0 Å². The zero-order valence-electron chi connectivity index (χ0n) is 10.8. The molecule has 0 radical (unpaired) electrons. The summed E-state index contributed by atoms with van der Waals surface area (Å²) in [5.41, 5.74) is 0. The molecule has 0 unspecified atom stereocenters. The third kappa shape index (κ3) is 3.45. The number of hydrogen-bond donors (Lipinski definition) is 2. The topological polar surface area (TPSA) is 63.0 Å². The summed E-state index contributed by atoms with van der Waals surface area (Å²) in [7, 11) is 0. The molecule has 0 saturated heterocycles. The molecule has 0 atom stereocenters. The van der Waals surface area contributed by atoms with Gasteiger partial charge in [-0.05, 0) is 31.6 Å². The highest BCUT2D eigenvalue weighted by atomic mass is 16.4. The first kappa shape index (κ1) is 12.0. The minimum absolute atomic E-state index is 0.577. The van der Waals surface area contributed by atoms with Crippen LogP contribution < -0.4 is 10.6 Å². The quantitative estimate of drug-likeness (QED) is 0.811. The van der Waals surface area contributed by atoms with Crippen LogP contribution in [0, 0.1) is 5.92 Å². The predicted molar refractivity (Wildman–Crippen MR) is 69.2 cm³/mol. The molecule has 2 fully saturated rings. The summed E-state index contributed by atoms with van der Waals surface area (Å²) in [5, 5.41) is 14.7. The fraction of sp³-hybridized carbons (Fsp3) is 0.846. The van der Waals surface area contributed by atoms with Crippen molar-refractivity contribution in [1.29, 1.82) is 0 Å². The van der Waals surface area contributed by atoms with Gasteiger partial charge in [-0.15, -0.1) is 5.10 Å². The van der Waals surface area contributed by atoms with Crippen LogP contribution in [0.5, 0.6) is 0 Å². The molecule has 100 valence electrons. The molecule has 3 rings (SSSR count). The van der Waals surface area contributed by atoms with Gasteiger partial charge in [-0.25, -0.2) is 0 Å². The van der Waals surface area contributed by atoms with E-state index in [1.807, 2.05) is 0 Å². The Kier molecular flexibility index (Phi) is 3.78. The van der Waals surface area contributed by atoms with Gasteiger partial charge >= 0.3 is 6.01 Å². The molecule has 5 heteroatoms. The van der Waals surface area contributed by atoms with E-state index in [4.69, 9.17) is 4.42 Å². The van der Waals surface area contributed by atoms with Gasteiger partial charge < -0.3 is 15.1 Å². The Balaban J connectivity index is 1.41. The first-order chi connectivity index (χ1) is 8.90. The van der Waals surface area contributed by atoms with Crippen molar-refractivity contribution in [1.82, 2.24) is 15.5 Å². The molecule has 2 N–H and O–H groups in total. The van der Waals surface area contributed by atoms with Crippen LogP contribution in [-0.4, -0.2) is 22.8 Å². The first-order valence-electron chi connectivity index (χ1n) is 7.20. The zero-order chi connectivity index (χ0) is 12.2. The molecule has 2 aliphatic rings. The SMILES string of the molecule is C1CCC(CNc2nnc(CNC3CC3)o2)CC1. The van der Waals surface area contributed by atoms with Gasteiger partial charge in [0.2, 0.25) is 5.89 Å². The molecule has 0 bridgehead atoms. The molecule has 0 amide bonds. The van der Waals surface area contributed by atoms with Crippen molar-refractivity contribution in [3.8, 4) is 0 Å². The first-order valence-corrected chi connectivity index (χ1v) is 7.20. The van der Waals surface area contributed by atoms with Gasteiger partial charge in [-0.1, -0.05) is 24.4 Å². The van der Waals surface area contributed by atoms with Crippen molar-refractivity contribution < 1.29 is 4.42 Å². The van der Waals surface area contributed by atoms with Crippen LogP contribution in [-0.2, 0) is 6.54 Å². The molecule has 0 aliphatic heterocycles. The zero-order valence-corrected chi connectivity index (χ0v) is 10.8. The monoisotopic (exact) mass is 250 g/mol. The third-order valence-electron chi connectivity index (χ3n) is 3.85. The van der Waals surface area contributed by atoms with Crippen LogP contribution in [0.25, 0.3) is 0 Å². The molecule has 0 aromatic carbocycles. The van der Waals surface area contributed by atoms with Crippen molar-refractivity contribution in [2.45, 2.75) is 57.5 Å². The molecule has 2 saturated carbocycles. The average Bonchev–Trinajstić information content (AvgIpc) is 3.14. The Hall–Kier alpha value is -1.10. The fourth-order valence-corrected chi connectivity index (χ4v) is 2.54. The summed E-state index contributed by atoms with van der Waals surface area (Å²) in [5.74, 6) is 1.46. The lowest BCUT2D eigenvalue weighted by molar-refractivity contribution is 0.369. The Labute approximate surface area is 108 Å². The van der Waals surface area contributed by atoms with E-state index in [0.29, 0.717) is 24.5 Å². The summed E-state index contributed by atoms with van der Waals surface area (Å²) in [4.78, 5) is 0. The lowest BCUT2D eigenvalue weighted by Gasteiger charge is -2.20. The van der Waals surface area contributed by atoms with Crippen LogP contribution in [0.2, 0.25) is 0 Å². The number of aromatic nitrogens is 2. The van der Waals surface area contributed by atoms with Gasteiger partial charge in [-0.2, -0.15) is 0 Å². The Morgan fingerprint density at radius 1 is 1.06 bits per heavy atom. The van der Waals surface area contributed by atoms with Crippen molar-refractivity contribution in [3.05, 3.63) is 5.89 Å². The van der Waals surface area contributed by atoms with Crippen molar-refractivity contribution >= 4 is 6.01 Å². The van der Waals surface area contributed by atoms with Gasteiger partial charge in [0.05, 0.1) is 6.54 Å². The maximum Gasteiger partial charge on any atom is 0.315 e. The molecule has 0 spiro atoms. The lowest BCUT2D eigenvalue weighted by atomic mass is 9.89. The highest BCUT2D eigenvalue weighted by Gasteiger charge is 2.21. The standard InChI is InChI=1S/C13H22N4O/c1-2-4-10(5-3-1)8-15-13-17-16-12(18-13)9-14-11-6-7-11/h10-11,14H,1-9H2,(H,15,17).